The zero-order valence-electron chi connectivity index (χ0n) is 17.3. The molecule has 3 heterocycles. The van der Waals surface area contributed by atoms with Gasteiger partial charge in [0.25, 0.3) is 0 Å². The summed E-state index contributed by atoms with van der Waals surface area (Å²) in [6.07, 6.45) is 1.33. The Kier molecular flexibility index (Phi) is 5.59. The zero-order chi connectivity index (χ0) is 21.5. The Balaban J connectivity index is 1.65. The maximum absolute atomic E-state index is 13.5. The van der Waals surface area contributed by atoms with E-state index in [-0.39, 0.29) is 23.5 Å². The molecule has 9 heteroatoms. The molecule has 30 heavy (non-hydrogen) atoms. The van der Waals surface area contributed by atoms with Crippen LogP contribution in [0.15, 0.2) is 33.7 Å². The van der Waals surface area contributed by atoms with Crippen molar-refractivity contribution in [3.63, 3.8) is 0 Å². The SMILES string of the molecule is CCOC(=O)C1Oc2ccc(S(=O)(=O)N3CCCC3c3cc(C)on3)cc2C1CC. The number of nitrogens with zero attached hydrogens (tertiary/aromatic N) is 2. The minimum Gasteiger partial charge on any atom is -0.478 e. The number of carbonyl (C=O) groups is 1. The van der Waals surface area contributed by atoms with Crippen molar-refractivity contribution in [2.24, 2.45) is 0 Å². The number of hydrogen-bond acceptors (Lipinski definition) is 7. The van der Waals surface area contributed by atoms with Crippen molar-refractivity contribution in [3.05, 3.63) is 41.3 Å². The quantitative estimate of drug-likeness (QED) is 0.643. The van der Waals surface area contributed by atoms with E-state index in [2.05, 4.69) is 5.16 Å². The molecule has 0 aliphatic carbocycles. The van der Waals surface area contributed by atoms with Gasteiger partial charge in [0, 0.05) is 24.1 Å². The highest BCUT2D eigenvalue weighted by molar-refractivity contribution is 7.89. The molecule has 1 saturated heterocycles. The first-order valence-electron chi connectivity index (χ1n) is 10.3. The van der Waals surface area contributed by atoms with Crippen molar-refractivity contribution >= 4 is 16.0 Å². The van der Waals surface area contributed by atoms with Crippen molar-refractivity contribution < 1.29 is 27.2 Å². The minimum atomic E-state index is -3.75. The van der Waals surface area contributed by atoms with Gasteiger partial charge in [-0.1, -0.05) is 12.1 Å². The second-order valence-corrected chi connectivity index (χ2v) is 9.53. The van der Waals surface area contributed by atoms with Gasteiger partial charge in [0.1, 0.15) is 17.2 Å². The molecule has 1 fully saturated rings. The van der Waals surface area contributed by atoms with Crippen LogP contribution >= 0.6 is 0 Å². The zero-order valence-corrected chi connectivity index (χ0v) is 18.1. The van der Waals surface area contributed by atoms with E-state index in [0.717, 1.165) is 12.0 Å². The summed E-state index contributed by atoms with van der Waals surface area (Å²) in [4.78, 5) is 12.5. The number of esters is 1. The summed E-state index contributed by atoms with van der Waals surface area (Å²) < 4.78 is 44.5. The molecular weight excluding hydrogens is 408 g/mol. The molecule has 3 unspecified atom stereocenters. The summed E-state index contributed by atoms with van der Waals surface area (Å²) in [6.45, 7) is 6.17. The van der Waals surface area contributed by atoms with E-state index in [1.807, 2.05) is 6.92 Å². The molecule has 0 spiro atoms. The van der Waals surface area contributed by atoms with Gasteiger partial charge in [-0.2, -0.15) is 4.31 Å². The molecule has 0 saturated carbocycles. The molecule has 3 atom stereocenters. The standard InChI is InChI=1S/C21H26N2O6S/c1-4-15-16-12-14(8-9-19(16)28-20(15)21(24)27-5-2)30(25,26)23-10-6-7-18(23)17-11-13(3)29-22-17/h8-9,11-12,15,18,20H,4-7,10H2,1-3H3. The van der Waals surface area contributed by atoms with Crippen LogP contribution in [0.4, 0.5) is 0 Å². The Hall–Kier alpha value is -2.39. The Morgan fingerprint density at radius 3 is 2.77 bits per heavy atom. The first-order chi connectivity index (χ1) is 14.4. The number of hydrogen-bond donors (Lipinski definition) is 0. The number of fused-ring (bicyclic) bond motifs is 1. The van der Waals surface area contributed by atoms with Gasteiger partial charge in [-0.3, -0.25) is 0 Å². The van der Waals surface area contributed by atoms with Crippen LogP contribution < -0.4 is 4.74 Å². The third kappa shape index (κ3) is 3.50. The lowest BCUT2D eigenvalue weighted by Gasteiger charge is -2.23. The number of benzene rings is 1. The molecule has 0 radical (unpaired) electrons. The molecule has 4 rings (SSSR count). The lowest BCUT2D eigenvalue weighted by Crippen LogP contribution is -2.31. The van der Waals surface area contributed by atoms with Gasteiger partial charge < -0.3 is 14.0 Å². The number of rotatable bonds is 6. The van der Waals surface area contributed by atoms with E-state index < -0.39 is 22.1 Å². The number of sulfonamides is 1. The van der Waals surface area contributed by atoms with Gasteiger partial charge >= 0.3 is 5.97 Å². The summed E-state index contributed by atoms with van der Waals surface area (Å²) >= 11 is 0. The second kappa shape index (κ2) is 8.03. The molecule has 2 aromatic rings. The van der Waals surface area contributed by atoms with Crippen molar-refractivity contribution in [1.29, 1.82) is 0 Å². The van der Waals surface area contributed by atoms with Crippen molar-refractivity contribution in [3.8, 4) is 5.75 Å². The molecule has 2 aliphatic heterocycles. The minimum absolute atomic E-state index is 0.194. The first kappa shape index (κ1) is 20.9. The van der Waals surface area contributed by atoms with Crippen LogP contribution in [0.3, 0.4) is 0 Å². The predicted molar refractivity (Wildman–Crippen MR) is 108 cm³/mol. The van der Waals surface area contributed by atoms with Crippen LogP contribution in [0.2, 0.25) is 0 Å². The lowest BCUT2D eigenvalue weighted by molar-refractivity contribution is -0.151. The highest BCUT2D eigenvalue weighted by atomic mass is 32.2. The van der Waals surface area contributed by atoms with Crippen molar-refractivity contribution in [2.75, 3.05) is 13.2 Å². The van der Waals surface area contributed by atoms with E-state index in [9.17, 15) is 13.2 Å². The third-order valence-electron chi connectivity index (χ3n) is 5.76. The Labute approximate surface area is 176 Å². The smallest absolute Gasteiger partial charge is 0.347 e. The first-order valence-corrected chi connectivity index (χ1v) is 11.7. The molecule has 8 nitrogen and oxygen atoms in total. The second-order valence-electron chi connectivity index (χ2n) is 7.64. The number of carbonyl (C=O) groups excluding carboxylic acids is 1. The van der Waals surface area contributed by atoms with E-state index in [1.54, 1.807) is 32.0 Å². The monoisotopic (exact) mass is 434 g/mol. The van der Waals surface area contributed by atoms with Crippen LogP contribution in [0, 0.1) is 6.92 Å². The maximum Gasteiger partial charge on any atom is 0.347 e. The fourth-order valence-corrected chi connectivity index (χ4v) is 6.04. The Morgan fingerprint density at radius 1 is 1.30 bits per heavy atom. The van der Waals surface area contributed by atoms with Gasteiger partial charge in [0.05, 0.1) is 17.5 Å². The molecule has 0 amide bonds. The molecule has 0 bridgehead atoms. The molecule has 1 aromatic heterocycles. The van der Waals surface area contributed by atoms with Crippen LogP contribution in [-0.2, 0) is 19.6 Å². The van der Waals surface area contributed by atoms with Crippen molar-refractivity contribution in [1.82, 2.24) is 9.46 Å². The summed E-state index contributed by atoms with van der Waals surface area (Å²) in [7, 11) is -3.75. The fourth-order valence-electron chi connectivity index (χ4n) is 4.34. The van der Waals surface area contributed by atoms with Gasteiger partial charge in [0.2, 0.25) is 16.1 Å². The summed E-state index contributed by atoms with van der Waals surface area (Å²) in [5.74, 6) is 0.511. The average Bonchev–Trinajstić information content (AvgIpc) is 3.44. The molecule has 162 valence electrons. The van der Waals surface area contributed by atoms with Crippen LogP contribution in [0.25, 0.3) is 0 Å². The highest BCUT2D eigenvalue weighted by Crippen LogP contribution is 2.43. The molecule has 0 N–H and O–H groups in total. The van der Waals surface area contributed by atoms with Gasteiger partial charge in [-0.15, -0.1) is 0 Å². The van der Waals surface area contributed by atoms with E-state index in [0.29, 0.717) is 36.6 Å². The maximum atomic E-state index is 13.5. The summed E-state index contributed by atoms with van der Waals surface area (Å²) in [5, 5.41) is 4.03. The third-order valence-corrected chi connectivity index (χ3v) is 7.66. The highest BCUT2D eigenvalue weighted by Gasteiger charge is 2.42. The van der Waals surface area contributed by atoms with Crippen LogP contribution in [-0.4, -0.2) is 43.1 Å². The fraction of sp³-hybridized carbons (Fsp3) is 0.524. The molecular formula is C21H26N2O6S. The van der Waals surface area contributed by atoms with Gasteiger partial charge in [-0.25, -0.2) is 13.2 Å². The van der Waals surface area contributed by atoms with Gasteiger partial charge in [0.15, 0.2) is 0 Å². The van der Waals surface area contributed by atoms with Gasteiger partial charge in [-0.05, 0) is 51.3 Å². The Bertz CT molecular complexity index is 1050. The molecule has 1 aromatic carbocycles. The van der Waals surface area contributed by atoms with E-state index in [1.165, 1.54) is 10.4 Å². The lowest BCUT2D eigenvalue weighted by atomic mass is 9.93. The normalized spacial score (nSPS) is 23.9. The van der Waals surface area contributed by atoms with Crippen LogP contribution in [0.1, 0.15) is 62.1 Å². The van der Waals surface area contributed by atoms with Crippen LogP contribution in [0.5, 0.6) is 5.75 Å². The van der Waals surface area contributed by atoms with Crippen molar-refractivity contribution in [2.45, 2.75) is 63.0 Å². The largest absolute Gasteiger partial charge is 0.478 e. The topological polar surface area (TPSA) is 98.9 Å². The number of ether oxygens (including phenoxy) is 2. The summed E-state index contributed by atoms with van der Waals surface area (Å²) in [6, 6.07) is 6.26. The number of aromatic nitrogens is 1. The number of aryl methyl sites for hydroxylation is 1. The van der Waals surface area contributed by atoms with E-state index >= 15 is 0 Å². The Morgan fingerprint density at radius 2 is 2.10 bits per heavy atom. The molecule has 2 aliphatic rings. The predicted octanol–water partition coefficient (Wildman–Crippen LogP) is 3.33. The average molecular weight is 435 g/mol. The summed E-state index contributed by atoms with van der Waals surface area (Å²) in [5.41, 5.74) is 1.36. The van der Waals surface area contributed by atoms with E-state index in [4.69, 9.17) is 14.0 Å².